The van der Waals surface area contributed by atoms with Gasteiger partial charge < -0.3 is 15.4 Å². The first kappa shape index (κ1) is 20.2. The van der Waals surface area contributed by atoms with E-state index in [1.165, 1.54) is 45.0 Å². The molecule has 0 atom stereocenters. The second kappa shape index (κ2) is 9.13. The quantitative estimate of drug-likeness (QED) is 0.563. The van der Waals surface area contributed by atoms with Crippen molar-refractivity contribution < 1.29 is 14.3 Å². The highest BCUT2D eigenvalue weighted by Crippen LogP contribution is 2.32. The molecule has 0 bridgehead atoms. The number of methoxy groups -OCH3 is 1. The maximum absolute atomic E-state index is 12.3. The first-order chi connectivity index (χ1) is 14.6. The standard InChI is InChI=1S/C24H27N3O3/c1-30-24(29)18-7-10-20-21(23(28)26-22(20)15-18)11-12-25-19-8-5-17(6-9-19)16-27-13-3-2-4-14-27/h5-11,15,25H,2-4,12-14,16H2,1H3,(H,26,28). The van der Waals surface area contributed by atoms with Crippen molar-refractivity contribution in [2.24, 2.45) is 0 Å². The van der Waals surface area contributed by atoms with E-state index in [0.29, 0.717) is 23.4 Å². The van der Waals surface area contributed by atoms with Crippen molar-refractivity contribution in [2.75, 3.05) is 37.4 Å². The molecule has 2 aliphatic heterocycles. The molecule has 6 heteroatoms. The van der Waals surface area contributed by atoms with Crippen molar-refractivity contribution in [3.8, 4) is 0 Å². The van der Waals surface area contributed by atoms with Crippen LogP contribution in [-0.2, 0) is 16.1 Å². The molecule has 2 heterocycles. The number of hydrogen-bond donors (Lipinski definition) is 2. The number of amides is 1. The Morgan fingerprint density at radius 2 is 1.90 bits per heavy atom. The van der Waals surface area contributed by atoms with Crippen LogP contribution in [0.1, 0.15) is 40.7 Å². The molecule has 2 N–H and O–H groups in total. The molecule has 1 fully saturated rings. The molecular formula is C24H27N3O3. The summed E-state index contributed by atoms with van der Waals surface area (Å²) in [6.07, 6.45) is 5.83. The van der Waals surface area contributed by atoms with E-state index in [4.69, 9.17) is 4.74 Å². The van der Waals surface area contributed by atoms with Gasteiger partial charge in [0, 0.05) is 35.6 Å². The summed E-state index contributed by atoms with van der Waals surface area (Å²) in [7, 11) is 1.34. The molecule has 0 unspecified atom stereocenters. The first-order valence-electron chi connectivity index (χ1n) is 10.4. The minimum atomic E-state index is -0.421. The van der Waals surface area contributed by atoms with Gasteiger partial charge in [-0.1, -0.05) is 30.7 Å². The van der Waals surface area contributed by atoms with Crippen molar-refractivity contribution >= 4 is 28.8 Å². The Labute approximate surface area is 176 Å². The number of ether oxygens (including phenoxy) is 1. The van der Waals surface area contributed by atoms with Crippen LogP contribution in [0.3, 0.4) is 0 Å². The van der Waals surface area contributed by atoms with Crippen molar-refractivity contribution in [3.63, 3.8) is 0 Å². The predicted molar refractivity (Wildman–Crippen MR) is 118 cm³/mol. The zero-order chi connectivity index (χ0) is 20.9. The van der Waals surface area contributed by atoms with Crippen LogP contribution in [0.5, 0.6) is 0 Å². The molecule has 2 aromatic carbocycles. The lowest BCUT2D eigenvalue weighted by atomic mass is 10.0. The maximum atomic E-state index is 12.3. The number of anilines is 2. The van der Waals surface area contributed by atoms with E-state index in [1.807, 2.05) is 6.08 Å². The lowest BCUT2D eigenvalue weighted by molar-refractivity contribution is -0.110. The van der Waals surface area contributed by atoms with Crippen molar-refractivity contribution in [3.05, 3.63) is 65.2 Å². The van der Waals surface area contributed by atoms with Crippen LogP contribution in [-0.4, -0.2) is 43.5 Å². The third-order valence-corrected chi connectivity index (χ3v) is 5.64. The van der Waals surface area contributed by atoms with Crippen LogP contribution in [0, 0.1) is 0 Å². The Morgan fingerprint density at radius 1 is 1.13 bits per heavy atom. The van der Waals surface area contributed by atoms with Gasteiger partial charge in [0.25, 0.3) is 5.91 Å². The second-order valence-corrected chi connectivity index (χ2v) is 7.74. The van der Waals surface area contributed by atoms with Gasteiger partial charge in [-0.25, -0.2) is 4.79 Å². The number of nitrogens with zero attached hydrogens (tertiary/aromatic N) is 1. The number of fused-ring (bicyclic) bond motifs is 1. The van der Waals surface area contributed by atoms with E-state index in [9.17, 15) is 9.59 Å². The molecule has 2 aromatic rings. The number of esters is 1. The zero-order valence-electron chi connectivity index (χ0n) is 17.2. The Morgan fingerprint density at radius 3 is 2.63 bits per heavy atom. The summed E-state index contributed by atoms with van der Waals surface area (Å²) in [4.78, 5) is 26.5. The molecule has 1 saturated heterocycles. The average Bonchev–Trinajstić information content (AvgIpc) is 3.09. The van der Waals surface area contributed by atoms with Gasteiger partial charge in [0.05, 0.1) is 12.7 Å². The van der Waals surface area contributed by atoms with Crippen molar-refractivity contribution in [1.82, 2.24) is 4.90 Å². The van der Waals surface area contributed by atoms with E-state index < -0.39 is 5.97 Å². The predicted octanol–water partition coefficient (Wildman–Crippen LogP) is 3.91. The highest BCUT2D eigenvalue weighted by Gasteiger charge is 2.24. The van der Waals surface area contributed by atoms with Gasteiger partial charge in [0.2, 0.25) is 0 Å². The second-order valence-electron chi connectivity index (χ2n) is 7.74. The summed E-state index contributed by atoms with van der Waals surface area (Å²) < 4.78 is 4.74. The molecule has 1 amide bonds. The lowest BCUT2D eigenvalue weighted by Crippen LogP contribution is -2.29. The molecule has 2 aliphatic rings. The van der Waals surface area contributed by atoms with E-state index in [2.05, 4.69) is 39.8 Å². The third-order valence-electron chi connectivity index (χ3n) is 5.64. The number of hydrogen-bond acceptors (Lipinski definition) is 5. The number of likely N-dealkylation sites (tertiary alicyclic amines) is 1. The van der Waals surface area contributed by atoms with Crippen LogP contribution in [0.4, 0.5) is 11.4 Å². The average molecular weight is 405 g/mol. The largest absolute Gasteiger partial charge is 0.465 e. The van der Waals surface area contributed by atoms with Crippen LogP contribution in [0.15, 0.2) is 48.5 Å². The van der Waals surface area contributed by atoms with Gasteiger partial charge in [0.15, 0.2) is 0 Å². The summed E-state index contributed by atoms with van der Waals surface area (Å²) in [5.74, 6) is -0.583. The Bertz CT molecular complexity index is 960. The number of piperidine rings is 1. The Balaban J connectivity index is 1.36. The molecule has 0 aromatic heterocycles. The SMILES string of the molecule is COC(=O)c1ccc2c(c1)NC(=O)C2=CCNc1ccc(CN2CCCCC2)cc1. The van der Waals surface area contributed by atoms with Gasteiger partial charge in [-0.2, -0.15) is 0 Å². The molecule has 0 aliphatic carbocycles. The van der Waals surface area contributed by atoms with Crippen LogP contribution in [0.25, 0.3) is 5.57 Å². The van der Waals surface area contributed by atoms with Crippen LogP contribution < -0.4 is 10.6 Å². The van der Waals surface area contributed by atoms with E-state index in [-0.39, 0.29) is 5.91 Å². The number of carbonyl (C=O) groups is 2. The number of rotatable bonds is 6. The fraction of sp³-hybridized carbons (Fsp3) is 0.333. The van der Waals surface area contributed by atoms with Crippen molar-refractivity contribution in [2.45, 2.75) is 25.8 Å². The van der Waals surface area contributed by atoms with Gasteiger partial charge in [0.1, 0.15) is 0 Å². The van der Waals surface area contributed by atoms with Crippen LogP contribution in [0.2, 0.25) is 0 Å². The molecule has 0 spiro atoms. The fourth-order valence-corrected chi connectivity index (χ4v) is 4.02. The third kappa shape index (κ3) is 4.54. The number of benzene rings is 2. The van der Waals surface area contributed by atoms with Crippen molar-refractivity contribution in [1.29, 1.82) is 0 Å². The van der Waals surface area contributed by atoms with E-state index in [1.54, 1.807) is 18.2 Å². The summed E-state index contributed by atoms with van der Waals surface area (Å²) in [6.45, 7) is 3.93. The summed E-state index contributed by atoms with van der Waals surface area (Å²) in [6, 6.07) is 13.6. The molecule has 0 saturated carbocycles. The van der Waals surface area contributed by atoms with E-state index >= 15 is 0 Å². The zero-order valence-corrected chi connectivity index (χ0v) is 17.2. The maximum Gasteiger partial charge on any atom is 0.337 e. The lowest BCUT2D eigenvalue weighted by Gasteiger charge is -2.26. The summed E-state index contributed by atoms with van der Waals surface area (Å²) in [5, 5.41) is 6.16. The highest BCUT2D eigenvalue weighted by atomic mass is 16.5. The smallest absolute Gasteiger partial charge is 0.337 e. The normalized spacial score (nSPS) is 17.5. The monoisotopic (exact) mass is 405 g/mol. The first-order valence-corrected chi connectivity index (χ1v) is 10.4. The van der Waals surface area contributed by atoms with Gasteiger partial charge in [-0.15, -0.1) is 0 Å². The summed E-state index contributed by atoms with van der Waals surface area (Å²) in [5.41, 5.74) is 4.80. The molecule has 30 heavy (non-hydrogen) atoms. The topological polar surface area (TPSA) is 70.7 Å². The van der Waals surface area contributed by atoms with E-state index in [0.717, 1.165) is 17.8 Å². The highest BCUT2D eigenvalue weighted by molar-refractivity contribution is 6.31. The molecule has 4 rings (SSSR count). The van der Waals surface area contributed by atoms with Gasteiger partial charge in [-0.3, -0.25) is 9.69 Å². The Hall–Kier alpha value is -3.12. The van der Waals surface area contributed by atoms with Crippen LogP contribution >= 0.6 is 0 Å². The van der Waals surface area contributed by atoms with Gasteiger partial charge in [-0.05, 0) is 55.8 Å². The molecule has 0 radical (unpaired) electrons. The number of nitrogens with one attached hydrogen (secondary N) is 2. The Kier molecular flexibility index (Phi) is 6.14. The van der Waals surface area contributed by atoms with Gasteiger partial charge >= 0.3 is 5.97 Å². The molecular weight excluding hydrogens is 378 g/mol. The molecule has 6 nitrogen and oxygen atoms in total. The summed E-state index contributed by atoms with van der Waals surface area (Å²) >= 11 is 0. The molecule has 156 valence electrons. The minimum Gasteiger partial charge on any atom is -0.465 e. The number of carbonyl (C=O) groups excluding carboxylic acids is 2. The fourth-order valence-electron chi connectivity index (χ4n) is 4.02. The minimum absolute atomic E-state index is 0.161.